The Balaban J connectivity index is 2.06. The van der Waals surface area contributed by atoms with Gasteiger partial charge in [0.05, 0.1) is 6.42 Å². The van der Waals surface area contributed by atoms with Crippen LogP contribution in [0.5, 0.6) is 0 Å². The molecule has 0 aliphatic carbocycles. The van der Waals surface area contributed by atoms with Crippen molar-refractivity contribution in [2.24, 2.45) is 0 Å². The quantitative estimate of drug-likeness (QED) is 0.370. The van der Waals surface area contributed by atoms with Gasteiger partial charge in [-0.25, -0.2) is 0 Å². The number of aliphatic hydroxyl groups is 2. The van der Waals surface area contributed by atoms with Gasteiger partial charge in [-0.2, -0.15) is 0 Å². The van der Waals surface area contributed by atoms with Gasteiger partial charge in [0, 0.05) is 12.1 Å². The molecule has 1 aromatic rings. The summed E-state index contributed by atoms with van der Waals surface area (Å²) >= 11 is 0. The molecule has 3 nitrogen and oxygen atoms in total. The molecule has 0 aliphatic rings. The fraction of sp³-hybridized carbons (Fsp3) is 0.706. The van der Waals surface area contributed by atoms with Crippen LogP contribution in [0, 0.1) is 0 Å². The van der Waals surface area contributed by atoms with Crippen molar-refractivity contribution >= 4 is 0 Å². The molecule has 0 aromatic carbocycles. The summed E-state index contributed by atoms with van der Waals surface area (Å²) in [4.78, 5) is 0. The van der Waals surface area contributed by atoms with Gasteiger partial charge in [-0.1, -0.05) is 64.4 Å². The van der Waals surface area contributed by atoms with Crippen LogP contribution >= 0.6 is 0 Å². The molecule has 20 heavy (non-hydrogen) atoms. The molecule has 0 fully saturated rings. The average molecular weight is 280 g/mol. The first kappa shape index (κ1) is 17.1. The maximum atomic E-state index is 10.0. The predicted molar refractivity (Wildman–Crippen MR) is 80.9 cm³/mol. The Bertz CT molecular complexity index is 338. The maximum absolute atomic E-state index is 10.0. The van der Waals surface area contributed by atoms with Gasteiger partial charge in [0.15, 0.2) is 12.4 Å². The largest absolute Gasteiger partial charge is 0.385 e. The van der Waals surface area contributed by atoms with Crippen molar-refractivity contribution in [2.75, 3.05) is 0 Å². The molecule has 0 amide bonds. The molecule has 0 spiro atoms. The van der Waals surface area contributed by atoms with Crippen LogP contribution in [0.1, 0.15) is 71.1 Å². The van der Waals surface area contributed by atoms with E-state index in [1.54, 1.807) is 24.5 Å². The van der Waals surface area contributed by atoms with Gasteiger partial charge in [-0.3, -0.25) is 0 Å². The minimum Gasteiger partial charge on any atom is -0.310 e. The fourth-order valence-electron chi connectivity index (χ4n) is 2.44. The van der Waals surface area contributed by atoms with Gasteiger partial charge in [0.1, 0.15) is 0 Å². The van der Waals surface area contributed by atoms with Crippen molar-refractivity contribution in [3.05, 3.63) is 30.6 Å². The van der Waals surface area contributed by atoms with Crippen LogP contribution in [0.25, 0.3) is 0 Å². The van der Waals surface area contributed by atoms with E-state index < -0.39 is 5.91 Å². The summed E-state index contributed by atoms with van der Waals surface area (Å²) in [6.45, 7) is 2.24. The molecular formula is C17H30NO2+. The van der Waals surface area contributed by atoms with Crippen molar-refractivity contribution in [1.82, 2.24) is 0 Å². The predicted octanol–water partition coefficient (Wildman–Crippen LogP) is 3.49. The minimum absolute atomic E-state index is 0.386. The summed E-state index contributed by atoms with van der Waals surface area (Å²) in [5, 5.41) is 20.0. The lowest BCUT2D eigenvalue weighted by Crippen LogP contribution is -2.55. The second-order valence-electron chi connectivity index (χ2n) is 5.64. The van der Waals surface area contributed by atoms with E-state index in [4.69, 9.17) is 0 Å². The normalized spacial score (nSPS) is 11.8. The molecule has 2 N–H and O–H groups in total. The highest BCUT2D eigenvalue weighted by molar-refractivity contribution is 4.84. The Morgan fingerprint density at radius 3 is 1.80 bits per heavy atom. The van der Waals surface area contributed by atoms with E-state index in [0.717, 1.165) is 12.8 Å². The van der Waals surface area contributed by atoms with E-state index >= 15 is 0 Å². The number of hydrogen-bond acceptors (Lipinski definition) is 2. The number of rotatable bonds is 11. The van der Waals surface area contributed by atoms with Crippen LogP contribution in [0.3, 0.4) is 0 Å². The first-order chi connectivity index (χ1) is 9.67. The van der Waals surface area contributed by atoms with Gasteiger partial charge in [-0.15, -0.1) is 4.57 Å². The number of nitrogens with zero attached hydrogens (tertiary/aromatic N) is 1. The van der Waals surface area contributed by atoms with Gasteiger partial charge < -0.3 is 10.2 Å². The molecule has 0 bridgehead atoms. The standard InChI is InChI=1S/C17H30NO2/c1-2-3-4-5-6-7-8-9-11-14-17(19,20)18-15-12-10-13-16-18/h10,12-13,15-16,19-20H,2-9,11,14H2,1H3/q+1. The fourth-order valence-corrected chi connectivity index (χ4v) is 2.44. The molecule has 0 aliphatic heterocycles. The van der Waals surface area contributed by atoms with Crippen molar-refractivity contribution in [3.63, 3.8) is 0 Å². The SMILES string of the molecule is CCCCCCCCCCCC(O)(O)[n+]1ccccc1. The summed E-state index contributed by atoms with van der Waals surface area (Å²) in [7, 11) is 0. The first-order valence-electron chi connectivity index (χ1n) is 8.08. The Hall–Kier alpha value is -0.930. The van der Waals surface area contributed by atoms with Gasteiger partial charge >= 0.3 is 5.91 Å². The van der Waals surface area contributed by atoms with E-state index in [1.807, 2.05) is 6.07 Å². The third-order valence-corrected chi connectivity index (χ3v) is 3.74. The van der Waals surface area contributed by atoms with Gasteiger partial charge in [-0.05, 0) is 6.42 Å². The summed E-state index contributed by atoms with van der Waals surface area (Å²) in [5.74, 6) is -1.75. The zero-order valence-corrected chi connectivity index (χ0v) is 12.8. The van der Waals surface area contributed by atoms with E-state index in [-0.39, 0.29) is 0 Å². The number of unbranched alkanes of at least 4 members (excludes halogenated alkanes) is 8. The van der Waals surface area contributed by atoms with Crippen LogP contribution in [0.15, 0.2) is 30.6 Å². The topological polar surface area (TPSA) is 44.3 Å². The second kappa shape index (κ2) is 9.89. The highest BCUT2D eigenvalue weighted by Crippen LogP contribution is 2.14. The lowest BCUT2D eigenvalue weighted by molar-refractivity contribution is -0.853. The molecule has 0 atom stereocenters. The summed E-state index contributed by atoms with van der Waals surface area (Å²) in [6.07, 6.45) is 14.8. The lowest BCUT2D eigenvalue weighted by atomic mass is 10.1. The number of aromatic nitrogens is 1. The van der Waals surface area contributed by atoms with Crippen molar-refractivity contribution < 1.29 is 14.8 Å². The second-order valence-corrected chi connectivity index (χ2v) is 5.64. The lowest BCUT2D eigenvalue weighted by Gasteiger charge is -2.15. The van der Waals surface area contributed by atoms with E-state index in [2.05, 4.69) is 6.92 Å². The van der Waals surface area contributed by atoms with Crippen molar-refractivity contribution in [1.29, 1.82) is 0 Å². The van der Waals surface area contributed by atoms with Crippen molar-refractivity contribution in [2.45, 2.75) is 77.0 Å². The molecular weight excluding hydrogens is 250 g/mol. The summed E-state index contributed by atoms with van der Waals surface area (Å²) in [6, 6.07) is 5.47. The highest BCUT2D eigenvalue weighted by atomic mass is 16.5. The molecule has 0 saturated heterocycles. The third-order valence-electron chi connectivity index (χ3n) is 3.74. The van der Waals surface area contributed by atoms with Gasteiger partial charge in [0.2, 0.25) is 0 Å². The first-order valence-corrected chi connectivity index (χ1v) is 8.08. The summed E-state index contributed by atoms with van der Waals surface area (Å²) in [5.41, 5.74) is 0. The third kappa shape index (κ3) is 7.01. The van der Waals surface area contributed by atoms with Crippen LogP contribution in [0.2, 0.25) is 0 Å². The molecule has 1 aromatic heterocycles. The molecule has 114 valence electrons. The molecule has 1 rings (SSSR count). The van der Waals surface area contributed by atoms with E-state index in [0.29, 0.717) is 6.42 Å². The van der Waals surface area contributed by atoms with E-state index in [9.17, 15) is 10.2 Å². The Labute approximate surface area is 123 Å². The van der Waals surface area contributed by atoms with Crippen molar-refractivity contribution in [3.8, 4) is 0 Å². The Morgan fingerprint density at radius 2 is 1.25 bits per heavy atom. The number of pyridine rings is 1. The highest BCUT2D eigenvalue weighted by Gasteiger charge is 2.32. The van der Waals surface area contributed by atoms with Gasteiger partial charge in [0.25, 0.3) is 0 Å². The summed E-state index contributed by atoms with van der Waals surface area (Å²) < 4.78 is 1.46. The molecule has 1 heterocycles. The van der Waals surface area contributed by atoms with Crippen LogP contribution in [0.4, 0.5) is 0 Å². The van der Waals surface area contributed by atoms with Crippen LogP contribution < -0.4 is 4.57 Å². The van der Waals surface area contributed by atoms with Crippen LogP contribution in [-0.2, 0) is 5.91 Å². The zero-order valence-electron chi connectivity index (χ0n) is 12.8. The Morgan fingerprint density at radius 1 is 0.750 bits per heavy atom. The molecule has 0 unspecified atom stereocenters. The maximum Gasteiger partial charge on any atom is 0.385 e. The number of hydrogen-bond donors (Lipinski definition) is 2. The van der Waals surface area contributed by atoms with Crippen LogP contribution in [-0.4, -0.2) is 10.2 Å². The average Bonchev–Trinajstić information content (AvgIpc) is 2.46. The molecule has 3 heteroatoms. The van der Waals surface area contributed by atoms with E-state index in [1.165, 1.54) is 49.5 Å². The zero-order chi connectivity index (χ0) is 14.7. The monoisotopic (exact) mass is 280 g/mol. The molecule has 0 radical (unpaired) electrons. The smallest absolute Gasteiger partial charge is 0.310 e. The minimum atomic E-state index is -1.75. The molecule has 0 saturated carbocycles. The Kier molecular flexibility index (Phi) is 8.47.